The molecule has 0 spiro atoms. The molecule has 0 atom stereocenters. The van der Waals surface area contributed by atoms with Crippen molar-refractivity contribution in [2.45, 2.75) is 13.5 Å². The fraction of sp³-hybridized carbons (Fsp3) is 0.364. The van der Waals surface area contributed by atoms with E-state index < -0.39 is 0 Å². The molecule has 0 radical (unpaired) electrons. The Kier molecular flexibility index (Phi) is 4.06. The first-order valence-corrected chi connectivity index (χ1v) is 9.75. The molecule has 5 rings (SSSR count). The number of hydrogen-bond acceptors (Lipinski definition) is 4. The van der Waals surface area contributed by atoms with Gasteiger partial charge >= 0.3 is 0 Å². The minimum Gasteiger partial charge on any atom is -0.323 e. The number of likely N-dealkylation sites (N-methyl/N-ethyl adjacent to an activating group) is 1. The second-order valence-corrected chi connectivity index (χ2v) is 7.70. The molecule has 2 aromatic carbocycles. The molecule has 0 amide bonds. The Morgan fingerprint density at radius 3 is 2.41 bits per heavy atom. The molecule has 5 heteroatoms. The molecule has 0 N–H and O–H groups in total. The molecule has 1 saturated heterocycles. The number of nitrogens with zero attached hydrogens (tertiary/aromatic N) is 5. The summed E-state index contributed by atoms with van der Waals surface area (Å²) in [4.78, 5) is 14.9. The molecule has 27 heavy (non-hydrogen) atoms. The number of benzene rings is 2. The third-order valence-electron chi connectivity index (χ3n) is 5.74. The quantitative estimate of drug-likeness (QED) is 0.562. The lowest BCUT2D eigenvalue weighted by Crippen LogP contribution is -2.45. The standard InChI is InChI=1S/C22H25N5/c1-16-7-8-20-17(15-16)21-22(24-19-6-4-3-5-18(19)23-21)27(20)14-13-26-11-9-25(2)10-12-26/h3-8,15H,9-14H2,1-2H3. The van der Waals surface area contributed by atoms with Gasteiger partial charge in [-0.25, -0.2) is 9.97 Å². The summed E-state index contributed by atoms with van der Waals surface area (Å²) >= 11 is 0. The average Bonchev–Trinajstić information content (AvgIpc) is 2.98. The maximum Gasteiger partial charge on any atom is 0.160 e. The van der Waals surface area contributed by atoms with Gasteiger partial charge in [0.1, 0.15) is 5.52 Å². The van der Waals surface area contributed by atoms with Gasteiger partial charge in [-0.2, -0.15) is 0 Å². The van der Waals surface area contributed by atoms with Crippen molar-refractivity contribution < 1.29 is 0 Å². The van der Waals surface area contributed by atoms with Gasteiger partial charge in [0.15, 0.2) is 5.65 Å². The molecule has 1 aliphatic rings. The first-order valence-electron chi connectivity index (χ1n) is 9.75. The summed E-state index contributed by atoms with van der Waals surface area (Å²) in [5.74, 6) is 0. The molecule has 4 aromatic rings. The highest BCUT2D eigenvalue weighted by atomic mass is 15.3. The molecule has 0 saturated carbocycles. The van der Waals surface area contributed by atoms with Crippen molar-refractivity contribution in [2.75, 3.05) is 39.8 Å². The fourth-order valence-corrected chi connectivity index (χ4v) is 4.09. The van der Waals surface area contributed by atoms with E-state index in [0.717, 1.165) is 61.5 Å². The molecule has 1 fully saturated rings. The highest BCUT2D eigenvalue weighted by Crippen LogP contribution is 2.29. The molecule has 3 heterocycles. The number of fused-ring (bicyclic) bond motifs is 4. The second kappa shape index (κ2) is 6.59. The Morgan fingerprint density at radius 2 is 1.63 bits per heavy atom. The van der Waals surface area contributed by atoms with Crippen molar-refractivity contribution in [3.63, 3.8) is 0 Å². The number of aromatic nitrogens is 3. The highest BCUT2D eigenvalue weighted by Gasteiger charge is 2.17. The van der Waals surface area contributed by atoms with Crippen LogP contribution in [-0.2, 0) is 6.54 Å². The SMILES string of the molecule is Cc1ccc2c(c1)c1nc3ccccc3nc1n2CCN1CCN(C)CC1. The lowest BCUT2D eigenvalue weighted by Gasteiger charge is -2.32. The van der Waals surface area contributed by atoms with Crippen molar-refractivity contribution >= 4 is 33.1 Å². The van der Waals surface area contributed by atoms with E-state index in [1.165, 1.54) is 16.5 Å². The van der Waals surface area contributed by atoms with E-state index in [1.54, 1.807) is 0 Å². The molecule has 0 aliphatic carbocycles. The summed E-state index contributed by atoms with van der Waals surface area (Å²) in [6.07, 6.45) is 0. The molecular formula is C22H25N5. The Bertz CT molecular complexity index is 1120. The van der Waals surface area contributed by atoms with Crippen LogP contribution in [-0.4, -0.2) is 64.1 Å². The van der Waals surface area contributed by atoms with Crippen LogP contribution < -0.4 is 0 Å². The molecule has 138 valence electrons. The van der Waals surface area contributed by atoms with E-state index in [4.69, 9.17) is 9.97 Å². The van der Waals surface area contributed by atoms with E-state index in [1.807, 2.05) is 18.2 Å². The number of aryl methyl sites for hydroxylation is 1. The van der Waals surface area contributed by atoms with Crippen LogP contribution in [0, 0.1) is 6.92 Å². The summed E-state index contributed by atoms with van der Waals surface area (Å²) in [6, 6.07) is 14.8. The molecular weight excluding hydrogens is 334 g/mol. The largest absolute Gasteiger partial charge is 0.323 e. The van der Waals surface area contributed by atoms with Crippen molar-refractivity contribution in [3.05, 3.63) is 48.0 Å². The predicted molar refractivity (Wildman–Crippen MR) is 111 cm³/mol. The van der Waals surface area contributed by atoms with Gasteiger partial charge in [-0.3, -0.25) is 4.90 Å². The van der Waals surface area contributed by atoms with Gasteiger partial charge in [-0.1, -0.05) is 23.8 Å². The van der Waals surface area contributed by atoms with Crippen molar-refractivity contribution in [2.24, 2.45) is 0 Å². The lowest BCUT2D eigenvalue weighted by molar-refractivity contribution is 0.151. The van der Waals surface area contributed by atoms with Crippen LogP contribution >= 0.6 is 0 Å². The van der Waals surface area contributed by atoms with E-state index in [0.29, 0.717) is 0 Å². The number of rotatable bonds is 3. The van der Waals surface area contributed by atoms with Crippen LogP contribution in [0.1, 0.15) is 5.56 Å². The van der Waals surface area contributed by atoms with Gasteiger partial charge in [0.25, 0.3) is 0 Å². The molecule has 0 bridgehead atoms. The summed E-state index contributed by atoms with van der Waals surface area (Å²) in [5.41, 5.74) is 6.44. The third kappa shape index (κ3) is 2.97. The normalized spacial score (nSPS) is 16.7. The smallest absolute Gasteiger partial charge is 0.160 e. The summed E-state index contributed by atoms with van der Waals surface area (Å²) in [6.45, 7) is 8.71. The van der Waals surface area contributed by atoms with Crippen molar-refractivity contribution in [1.29, 1.82) is 0 Å². The number of hydrogen-bond donors (Lipinski definition) is 0. The van der Waals surface area contributed by atoms with Gasteiger partial charge in [0.2, 0.25) is 0 Å². The van der Waals surface area contributed by atoms with E-state index in [-0.39, 0.29) is 0 Å². The van der Waals surface area contributed by atoms with Crippen LogP contribution in [0.5, 0.6) is 0 Å². The first-order chi connectivity index (χ1) is 13.2. The van der Waals surface area contributed by atoms with Crippen molar-refractivity contribution in [1.82, 2.24) is 24.3 Å². The molecule has 1 aliphatic heterocycles. The average molecular weight is 359 g/mol. The zero-order valence-electron chi connectivity index (χ0n) is 16.0. The van der Waals surface area contributed by atoms with E-state index in [9.17, 15) is 0 Å². The molecule has 5 nitrogen and oxygen atoms in total. The Labute approximate surface area is 159 Å². The zero-order valence-corrected chi connectivity index (χ0v) is 16.0. The van der Waals surface area contributed by atoms with E-state index >= 15 is 0 Å². The summed E-state index contributed by atoms with van der Waals surface area (Å²) < 4.78 is 2.36. The minimum absolute atomic E-state index is 0.944. The van der Waals surface area contributed by atoms with Crippen LogP contribution in [0.25, 0.3) is 33.1 Å². The van der Waals surface area contributed by atoms with Gasteiger partial charge in [-0.15, -0.1) is 0 Å². The summed E-state index contributed by atoms with van der Waals surface area (Å²) in [5, 5.41) is 1.21. The van der Waals surface area contributed by atoms with Crippen molar-refractivity contribution in [3.8, 4) is 0 Å². The lowest BCUT2D eigenvalue weighted by atomic mass is 10.1. The van der Waals surface area contributed by atoms with Gasteiger partial charge in [0, 0.05) is 44.7 Å². The second-order valence-electron chi connectivity index (χ2n) is 7.70. The third-order valence-corrected chi connectivity index (χ3v) is 5.74. The molecule has 0 unspecified atom stereocenters. The van der Waals surface area contributed by atoms with Gasteiger partial charge < -0.3 is 9.47 Å². The van der Waals surface area contributed by atoms with Crippen LogP contribution in [0.2, 0.25) is 0 Å². The maximum atomic E-state index is 4.99. The van der Waals surface area contributed by atoms with Crippen LogP contribution in [0.15, 0.2) is 42.5 Å². The fourth-order valence-electron chi connectivity index (χ4n) is 4.09. The van der Waals surface area contributed by atoms with Gasteiger partial charge in [-0.05, 0) is 38.2 Å². The van der Waals surface area contributed by atoms with Crippen LogP contribution in [0.3, 0.4) is 0 Å². The predicted octanol–water partition coefficient (Wildman–Crippen LogP) is 3.29. The number of piperazine rings is 1. The maximum absolute atomic E-state index is 4.99. The highest BCUT2D eigenvalue weighted by molar-refractivity contribution is 6.06. The van der Waals surface area contributed by atoms with Gasteiger partial charge in [0.05, 0.1) is 16.6 Å². The molecule has 2 aromatic heterocycles. The Hall–Kier alpha value is -2.50. The van der Waals surface area contributed by atoms with E-state index in [2.05, 4.69) is 52.6 Å². The minimum atomic E-state index is 0.944. The Morgan fingerprint density at radius 1 is 0.889 bits per heavy atom. The zero-order chi connectivity index (χ0) is 18.4. The monoisotopic (exact) mass is 359 g/mol. The van der Waals surface area contributed by atoms with Crippen LogP contribution in [0.4, 0.5) is 0 Å². The summed E-state index contributed by atoms with van der Waals surface area (Å²) in [7, 11) is 2.20. The Balaban J connectivity index is 1.61. The topological polar surface area (TPSA) is 37.2 Å². The number of para-hydroxylation sites is 2. The first kappa shape index (κ1) is 16.7.